The number of unbranched alkanes of at least 4 members (excludes halogenated alkanes) is 2. The second-order valence-corrected chi connectivity index (χ2v) is 4.39. The van der Waals surface area contributed by atoms with Crippen LogP contribution in [0.1, 0.15) is 52.4 Å². The van der Waals surface area contributed by atoms with Crippen LogP contribution in [0.4, 0.5) is 0 Å². The summed E-state index contributed by atoms with van der Waals surface area (Å²) in [5.74, 6) is -1.62. The molecule has 1 saturated heterocycles. The molecule has 0 aromatic carbocycles. The summed E-state index contributed by atoms with van der Waals surface area (Å²) >= 11 is 0. The summed E-state index contributed by atoms with van der Waals surface area (Å²) in [6.07, 6.45) is 4.11. The molecule has 5 nitrogen and oxygen atoms in total. The van der Waals surface area contributed by atoms with Crippen LogP contribution in [0.3, 0.4) is 0 Å². The van der Waals surface area contributed by atoms with E-state index in [-0.39, 0.29) is 18.8 Å². The van der Waals surface area contributed by atoms with Gasteiger partial charge in [0.1, 0.15) is 0 Å². The first-order chi connectivity index (χ1) is 8.06. The highest BCUT2D eigenvalue weighted by molar-refractivity contribution is 6.01. The molecule has 1 unspecified atom stereocenters. The smallest absolute Gasteiger partial charge is 0.330 e. The Morgan fingerprint density at radius 1 is 1.29 bits per heavy atom. The van der Waals surface area contributed by atoms with Gasteiger partial charge in [-0.15, -0.1) is 5.06 Å². The number of rotatable bonds is 6. The van der Waals surface area contributed by atoms with Crippen molar-refractivity contribution in [2.75, 3.05) is 0 Å². The van der Waals surface area contributed by atoms with E-state index in [0.29, 0.717) is 5.06 Å². The molecule has 0 N–H and O–H groups in total. The van der Waals surface area contributed by atoms with Gasteiger partial charge >= 0.3 is 5.97 Å². The minimum absolute atomic E-state index is 0.135. The van der Waals surface area contributed by atoms with Gasteiger partial charge in [0.25, 0.3) is 11.8 Å². The Bertz CT molecular complexity index is 298. The summed E-state index contributed by atoms with van der Waals surface area (Å²) in [7, 11) is 0. The maximum absolute atomic E-state index is 11.6. The predicted molar refractivity (Wildman–Crippen MR) is 60.5 cm³/mol. The number of carbonyl (C=O) groups is 3. The molecule has 1 rings (SSSR count). The molecule has 5 heteroatoms. The first-order valence-corrected chi connectivity index (χ1v) is 6.13. The summed E-state index contributed by atoms with van der Waals surface area (Å²) in [6.45, 7) is 3.84. The van der Waals surface area contributed by atoms with Crippen molar-refractivity contribution in [1.29, 1.82) is 0 Å². The van der Waals surface area contributed by atoms with Crippen molar-refractivity contribution in [1.82, 2.24) is 5.06 Å². The second-order valence-electron chi connectivity index (χ2n) is 4.39. The third-order valence-corrected chi connectivity index (χ3v) is 2.83. The minimum atomic E-state index is -0.496. The molecule has 0 aromatic rings. The number of carbonyl (C=O) groups excluding carboxylic acids is 3. The predicted octanol–water partition coefficient (Wildman–Crippen LogP) is 1.81. The van der Waals surface area contributed by atoms with Gasteiger partial charge < -0.3 is 4.84 Å². The van der Waals surface area contributed by atoms with E-state index in [1.165, 1.54) is 0 Å². The highest BCUT2D eigenvalue weighted by Crippen LogP contribution is 2.16. The van der Waals surface area contributed by atoms with Gasteiger partial charge in [-0.05, 0) is 6.42 Å². The van der Waals surface area contributed by atoms with Crippen LogP contribution in [-0.4, -0.2) is 22.8 Å². The lowest BCUT2D eigenvalue weighted by Crippen LogP contribution is -2.34. The normalized spacial score (nSPS) is 17.4. The molecule has 2 amide bonds. The quantitative estimate of drug-likeness (QED) is 0.525. The largest absolute Gasteiger partial charge is 0.335 e. The summed E-state index contributed by atoms with van der Waals surface area (Å²) < 4.78 is 0. The number of nitrogens with zero attached hydrogens (tertiary/aromatic N) is 1. The zero-order valence-corrected chi connectivity index (χ0v) is 10.4. The van der Waals surface area contributed by atoms with Gasteiger partial charge in [0, 0.05) is 12.8 Å². The highest BCUT2D eigenvalue weighted by atomic mass is 16.7. The van der Waals surface area contributed by atoms with E-state index in [1.54, 1.807) is 6.92 Å². The first kappa shape index (κ1) is 13.7. The van der Waals surface area contributed by atoms with E-state index in [0.717, 1.165) is 25.7 Å². The van der Waals surface area contributed by atoms with E-state index in [1.807, 2.05) is 0 Å². The van der Waals surface area contributed by atoms with Crippen molar-refractivity contribution in [2.45, 2.75) is 52.4 Å². The van der Waals surface area contributed by atoms with Gasteiger partial charge in [-0.2, -0.15) is 0 Å². The van der Waals surface area contributed by atoms with E-state index < -0.39 is 17.8 Å². The zero-order valence-electron chi connectivity index (χ0n) is 10.4. The van der Waals surface area contributed by atoms with Gasteiger partial charge in [0.2, 0.25) is 0 Å². The molecule has 0 aromatic heterocycles. The van der Waals surface area contributed by atoms with Gasteiger partial charge in [0.05, 0.1) is 5.92 Å². The number of hydrogen-bond donors (Lipinski definition) is 0. The number of hydrogen-bond acceptors (Lipinski definition) is 4. The molecule has 0 radical (unpaired) electrons. The third-order valence-electron chi connectivity index (χ3n) is 2.83. The average Bonchev–Trinajstić information content (AvgIpc) is 2.61. The van der Waals surface area contributed by atoms with Crippen molar-refractivity contribution in [3.8, 4) is 0 Å². The van der Waals surface area contributed by atoms with E-state index >= 15 is 0 Å². The maximum Gasteiger partial charge on any atom is 0.335 e. The Kier molecular flexibility index (Phi) is 5.12. The Labute approximate surface area is 101 Å². The Morgan fingerprint density at radius 2 is 1.88 bits per heavy atom. The van der Waals surface area contributed by atoms with Gasteiger partial charge in [-0.25, -0.2) is 4.79 Å². The topological polar surface area (TPSA) is 63.7 Å². The number of imide groups is 1. The van der Waals surface area contributed by atoms with Crippen LogP contribution in [-0.2, 0) is 19.2 Å². The Morgan fingerprint density at radius 3 is 2.41 bits per heavy atom. The van der Waals surface area contributed by atoms with Crippen LogP contribution in [0.2, 0.25) is 0 Å². The zero-order chi connectivity index (χ0) is 12.8. The molecule has 17 heavy (non-hydrogen) atoms. The van der Waals surface area contributed by atoms with E-state index in [4.69, 9.17) is 4.84 Å². The standard InChI is InChI=1S/C12H19NO4/c1-3-4-5-6-9(2)12(16)17-13-10(14)7-8-11(13)15/h9H,3-8H2,1-2H3. The second kappa shape index (κ2) is 6.37. The summed E-state index contributed by atoms with van der Waals surface area (Å²) in [5, 5.41) is 0.610. The Balaban J connectivity index is 2.37. The lowest BCUT2D eigenvalue weighted by atomic mass is 10.0. The molecule has 0 aliphatic carbocycles. The molecular formula is C12H19NO4. The molecular weight excluding hydrogens is 222 g/mol. The molecule has 1 aliphatic rings. The highest BCUT2D eigenvalue weighted by Gasteiger charge is 2.33. The number of amides is 2. The van der Waals surface area contributed by atoms with Crippen molar-refractivity contribution in [3.63, 3.8) is 0 Å². The number of hydroxylamine groups is 2. The van der Waals surface area contributed by atoms with Gasteiger partial charge in [-0.3, -0.25) is 9.59 Å². The van der Waals surface area contributed by atoms with Crippen molar-refractivity contribution >= 4 is 17.8 Å². The van der Waals surface area contributed by atoms with Crippen LogP contribution < -0.4 is 0 Å². The SMILES string of the molecule is CCCCCC(C)C(=O)ON1C(=O)CCC1=O. The van der Waals surface area contributed by atoms with Crippen LogP contribution in [0, 0.1) is 5.92 Å². The van der Waals surface area contributed by atoms with E-state index in [2.05, 4.69) is 6.92 Å². The molecule has 0 bridgehead atoms. The fourth-order valence-electron chi connectivity index (χ4n) is 1.66. The fourth-order valence-corrected chi connectivity index (χ4v) is 1.66. The van der Waals surface area contributed by atoms with Crippen LogP contribution in [0.5, 0.6) is 0 Å². The summed E-state index contributed by atoms with van der Waals surface area (Å²) in [6, 6.07) is 0. The molecule has 1 atom stereocenters. The first-order valence-electron chi connectivity index (χ1n) is 6.13. The summed E-state index contributed by atoms with van der Waals surface area (Å²) in [5.41, 5.74) is 0. The van der Waals surface area contributed by atoms with Crippen LogP contribution in [0.15, 0.2) is 0 Å². The van der Waals surface area contributed by atoms with E-state index in [9.17, 15) is 14.4 Å². The molecule has 96 valence electrons. The van der Waals surface area contributed by atoms with Crippen molar-refractivity contribution in [2.24, 2.45) is 5.92 Å². The molecule has 1 heterocycles. The monoisotopic (exact) mass is 241 g/mol. The molecule has 0 saturated carbocycles. The fraction of sp³-hybridized carbons (Fsp3) is 0.750. The molecule has 0 spiro atoms. The van der Waals surface area contributed by atoms with Gasteiger partial charge in [-0.1, -0.05) is 33.1 Å². The molecule has 1 aliphatic heterocycles. The maximum atomic E-state index is 11.6. The third kappa shape index (κ3) is 3.84. The summed E-state index contributed by atoms with van der Waals surface area (Å²) in [4.78, 5) is 38.9. The van der Waals surface area contributed by atoms with Crippen LogP contribution >= 0.6 is 0 Å². The average molecular weight is 241 g/mol. The van der Waals surface area contributed by atoms with Crippen molar-refractivity contribution in [3.05, 3.63) is 0 Å². The lowest BCUT2D eigenvalue weighted by molar-refractivity contribution is -0.200. The minimum Gasteiger partial charge on any atom is -0.330 e. The van der Waals surface area contributed by atoms with Crippen LogP contribution in [0.25, 0.3) is 0 Å². The Hall–Kier alpha value is -1.39. The lowest BCUT2D eigenvalue weighted by Gasteiger charge is -2.16. The molecule has 1 fully saturated rings. The van der Waals surface area contributed by atoms with Gasteiger partial charge in [0.15, 0.2) is 0 Å². The van der Waals surface area contributed by atoms with Crippen molar-refractivity contribution < 1.29 is 19.2 Å².